The number of methoxy groups -OCH3 is 1. The predicted molar refractivity (Wildman–Crippen MR) is 107 cm³/mol. The third-order valence-corrected chi connectivity index (χ3v) is 5.17. The van der Waals surface area contributed by atoms with Crippen LogP contribution in [-0.4, -0.2) is 23.7 Å². The van der Waals surface area contributed by atoms with Gasteiger partial charge in [-0.2, -0.15) is 0 Å². The molecule has 4 rings (SSSR count). The van der Waals surface area contributed by atoms with Crippen LogP contribution < -0.4 is 4.74 Å². The molecule has 0 aliphatic carbocycles. The molecule has 140 valence electrons. The largest absolute Gasteiger partial charge is 0.497 e. The maximum Gasteiger partial charge on any atom is 0.255 e. The van der Waals surface area contributed by atoms with Crippen LogP contribution in [0.1, 0.15) is 44.3 Å². The summed E-state index contributed by atoms with van der Waals surface area (Å²) < 4.78 is 5.16. The van der Waals surface area contributed by atoms with Crippen molar-refractivity contribution in [2.75, 3.05) is 7.11 Å². The van der Waals surface area contributed by atoms with Crippen LogP contribution in [0, 0.1) is 0 Å². The summed E-state index contributed by atoms with van der Waals surface area (Å²) in [4.78, 5) is 27.8. The summed E-state index contributed by atoms with van der Waals surface area (Å²) in [6, 6.07) is 24.3. The van der Waals surface area contributed by atoms with E-state index in [0.717, 1.165) is 11.1 Å². The Bertz CT molecular complexity index is 996. The number of fused-ring (bicyclic) bond motifs is 1. The number of carbonyl (C=O) groups is 2. The first-order chi connectivity index (χ1) is 13.7. The zero-order valence-electron chi connectivity index (χ0n) is 15.7. The van der Waals surface area contributed by atoms with Crippen molar-refractivity contribution in [1.82, 2.24) is 4.90 Å². The Hall–Kier alpha value is -3.40. The number of rotatable bonds is 6. The molecule has 1 atom stereocenters. The molecule has 0 bridgehead atoms. The molecule has 3 aromatic carbocycles. The number of Topliss-reactive ketones (excluding diaryl/α,β-unsaturated/α-hetero) is 1. The molecule has 0 N–H and O–H groups in total. The van der Waals surface area contributed by atoms with E-state index < -0.39 is 0 Å². The van der Waals surface area contributed by atoms with E-state index in [-0.39, 0.29) is 24.2 Å². The molecule has 1 unspecified atom stereocenters. The highest BCUT2D eigenvalue weighted by Gasteiger charge is 2.37. The maximum atomic E-state index is 13.0. The molecule has 4 nitrogen and oxygen atoms in total. The van der Waals surface area contributed by atoms with E-state index >= 15 is 0 Å². The summed E-state index contributed by atoms with van der Waals surface area (Å²) in [5.41, 5.74) is 3.28. The van der Waals surface area contributed by atoms with Crippen LogP contribution in [-0.2, 0) is 6.54 Å². The highest BCUT2D eigenvalue weighted by Crippen LogP contribution is 2.37. The van der Waals surface area contributed by atoms with Gasteiger partial charge in [-0.25, -0.2) is 0 Å². The summed E-state index contributed by atoms with van der Waals surface area (Å²) in [6.45, 7) is 0.481. The number of hydrogen-bond donors (Lipinski definition) is 0. The van der Waals surface area contributed by atoms with Gasteiger partial charge in [-0.3, -0.25) is 9.59 Å². The average molecular weight is 371 g/mol. The lowest BCUT2D eigenvalue weighted by Crippen LogP contribution is -2.29. The second-order valence-electron chi connectivity index (χ2n) is 6.88. The molecule has 1 aliphatic heterocycles. The molecule has 0 radical (unpaired) electrons. The van der Waals surface area contributed by atoms with Crippen LogP contribution in [0.3, 0.4) is 0 Å². The zero-order valence-corrected chi connectivity index (χ0v) is 15.7. The van der Waals surface area contributed by atoms with Crippen molar-refractivity contribution in [2.24, 2.45) is 0 Å². The van der Waals surface area contributed by atoms with E-state index in [4.69, 9.17) is 4.74 Å². The first-order valence-corrected chi connectivity index (χ1v) is 9.28. The van der Waals surface area contributed by atoms with Crippen molar-refractivity contribution in [1.29, 1.82) is 0 Å². The van der Waals surface area contributed by atoms with E-state index in [9.17, 15) is 9.59 Å². The van der Waals surface area contributed by atoms with Gasteiger partial charge < -0.3 is 9.64 Å². The molecule has 0 aromatic heterocycles. The molecule has 1 heterocycles. The van der Waals surface area contributed by atoms with Gasteiger partial charge in [0, 0.05) is 24.1 Å². The first-order valence-electron chi connectivity index (χ1n) is 9.28. The van der Waals surface area contributed by atoms with Crippen LogP contribution in [0.15, 0.2) is 78.9 Å². The average Bonchev–Trinajstić information content (AvgIpc) is 3.00. The number of benzene rings is 3. The van der Waals surface area contributed by atoms with Gasteiger partial charge in [0.1, 0.15) is 5.75 Å². The minimum absolute atomic E-state index is 0.00946. The van der Waals surface area contributed by atoms with Gasteiger partial charge in [-0.1, -0.05) is 48.5 Å². The third kappa shape index (κ3) is 3.41. The molecule has 0 saturated carbocycles. The minimum Gasteiger partial charge on any atom is -0.497 e. The lowest BCUT2D eigenvalue weighted by molar-refractivity contribution is 0.0687. The molecule has 0 fully saturated rings. The van der Waals surface area contributed by atoms with E-state index in [1.54, 1.807) is 36.3 Å². The monoisotopic (exact) mass is 371 g/mol. The second-order valence-corrected chi connectivity index (χ2v) is 6.88. The van der Waals surface area contributed by atoms with E-state index in [2.05, 4.69) is 0 Å². The van der Waals surface area contributed by atoms with Crippen molar-refractivity contribution in [3.63, 3.8) is 0 Å². The Kier molecular flexibility index (Phi) is 4.94. The van der Waals surface area contributed by atoms with Gasteiger partial charge in [-0.15, -0.1) is 0 Å². The van der Waals surface area contributed by atoms with Gasteiger partial charge in [-0.05, 0) is 41.5 Å². The summed E-state index contributed by atoms with van der Waals surface area (Å²) in [5.74, 6) is 0.700. The lowest BCUT2D eigenvalue weighted by atomic mass is 9.97. The lowest BCUT2D eigenvalue weighted by Gasteiger charge is -2.25. The number of nitrogens with zero attached hydrogens (tertiary/aromatic N) is 1. The third-order valence-electron chi connectivity index (χ3n) is 5.17. The smallest absolute Gasteiger partial charge is 0.255 e. The van der Waals surface area contributed by atoms with Gasteiger partial charge >= 0.3 is 0 Å². The maximum absolute atomic E-state index is 13.0. The minimum atomic E-state index is -0.265. The van der Waals surface area contributed by atoms with Crippen molar-refractivity contribution in [3.05, 3.63) is 101 Å². The van der Waals surface area contributed by atoms with Gasteiger partial charge in [0.25, 0.3) is 5.91 Å². The Morgan fingerprint density at radius 1 is 0.929 bits per heavy atom. The summed E-state index contributed by atoms with van der Waals surface area (Å²) in [7, 11) is 1.60. The predicted octanol–water partition coefficient (Wildman–Crippen LogP) is 4.67. The fourth-order valence-corrected chi connectivity index (χ4v) is 3.70. The van der Waals surface area contributed by atoms with Crippen LogP contribution in [0.25, 0.3) is 0 Å². The van der Waals surface area contributed by atoms with Gasteiger partial charge in [0.05, 0.1) is 13.2 Å². The molecule has 28 heavy (non-hydrogen) atoms. The number of carbonyl (C=O) groups excluding carboxylic acids is 2. The SMILES string of the molecule is COc1ccc(C(=O)CC2c3ccccc3C(=O)N2Cc2ccccc2)cc1. The molecule has 3 aromatic rings. The summed E-state index contributed by atoms with van der Waals surface area (Å²) in [6.07, 6.45) is 0.252. The molecule has 1 amide bonds. The number of hydrogen-bond acceptors (Lipinski definition) is 3. The molecule has 0 saturated heterocycles. The van der Waals surface area contributed by atoms with E-state index in [1.807, 2.05) is 54.6 Å². The Morgan fingerprint density at radius 3 is 2.32 bits per heavy atom. The number of amides is 1. The Balaban J connectivity index is 1.62. The Morgan fingerprint density at radius 2 is 1.61 bits per heavy atom. The van der Waals surface area contributed by atoms with Gasteiger partial charge in [0.2, 0.25) is 0 Å². The van der Waals surface area contributed by atoms with Crippen molar-refractivity contribution < 1.29 is 14.3 Å². The van der Waals surface area contributed by atoms with Crippen LogP contribution in [0.5, 0.6) is 5.75 Å². The standard InChI is InChI=1S/C24H21NO3/c1-28-19-13-11-18(12-14-19)23(26)15-22-20-9-5-6-10-21(20)24(27)25(22)16-17-7-3-2-4-8-17/h2-14,22H,15-16H2,1H3. The molecular formula is C24H21NO3. The van der Waals surface area contributed by atoms with Crippen molar-refractivity contribution >= 4 is 11.7 Å². The topological polar surface area (TPSA) is 46.6 Å². The molecular weight excluding hydrogens is 350 g/mol. The zero-order chi connectivity index (χ0) is 19.5. The fraction of sp³-hybridized carbons (Fsp3) is 0.167. The number of ketones is 1. The van der Waals surface area contributed by atoms with Crippen LogP contribution in [0.4, 0.5) is 0 Å². The second kappa shape index (κ2) is 7.69. The van der Waals surface area contributed by atoms with Gasteiger partial charge in [0.15, 0.2) is 5.78 Å². The van der Waals surface area contributed by atoms with E-state index in [1.165, 1.54) is 0 Å². The van der Waals surface area contributed by atoms with Crippen molar-refractivity contribution in [3.8, 4) is 5.75 Å². The molecule has 4 heteroatoms. The summed E-state index contributed by atoms with van der Waals surface area (Å²) in [5, 5.41) is 0. The summed E-state index contributed by atoms with van der Waals surface area (Å²) >= 11 is 0. The fourth-order valence-electron chi connectivity index (χ4n) is 3.70. The highest BCUT2D eigenvalue weighted by atomic mass is 16.5. The Labute approximate surface area is 164 Å². The molecule has 0 spiro atoms. The van der Waals surface area contributed by atoms with Crippen LogP contribution >= 0.6 is 0 Å². The van der Waals surface area contributed by atoms with Crippen LogP contribution in [0.2, 0.25) is 0 Å². The van der Waals surface area contributed by atoms with Crippen molar-refractivity contribution in [2.45, 2.75) is 19.0 Å². The number of ether oxygens (including phenoxy) is 1. The quantitative estimate of drug-likeness (QED) is 0.592. The molecule has 1 aliphatic rings. The first kappa shape index (κ1) is 18.0. The van der Waals surface area contributed by atoms with E-state index in [0.29, 0.717) is 23.4 Å². The normalized spacial score (nSPS) is 15.4. The highest BCUT2D eigenvalue weighted by molar-refractivity contribution is 6.02.